The summed E-state index contributed by atoms with van der Waals surface area (Å²) in [6.45, 7) is 12.5. The number of hydrogen-bond donors (Lipinski definition) is 6. The molecule has 0 aromatic heterocycles. The highest BCUT2D eigenvalue weighted by Crippen LogP contribution is 2.68. The number of fused-ring (bicyclic) bond motifs is 5. The van der Waals surface area contributed by atoms with Gasteiger partial charge in [0.05, 0.1) is 24.9 Å². The maximum absolute atomic E-state index is 13.9. The van der Waals surface area contributed by atoms with Crippen LogP contribution in [-0.2, 0) is 14.3 Å². The zero-order valence-corrected chi connectivity index (χ0v) is 27.0. The van der Waals surface area contributed by atoms with Crippen LogP contribution >= 0.6 is 0 Å². The number of carbonyl (C=O) groups is 1. The Balaban J connectivity index is 1.27. The lowest BCUT2D eigenvalue weighted by Gasteiger charge is -2.60. The third-order valence-corrected chi connectivity index (χ3v) is 13.8. The Kier molecular flexibility index (Phi) is 9.81. The van der Waals surface area contributed by atoms with Crippen molar-refractivity contribution in [1.29, 1.82) is 0 Å². The number of carbonyl (C=O) groups excluding carboxylic acids is 1. The first-order chi connectivity index (χ1) is 20.1. The SMILES string of the molecule is CC(C)C(C)C(O)C(O)C(C)C1CCC2C3CC(=O)C4CC(OC5OC(CO)C(O)C(O)C5O)CCC4(C)C3CCC12C. The molecule has 17 atom stereocenters. The summed E-state index contributed by atoms with van der Waals surface area (Å²) in [4.78, 5) is 13.9. The predicted octanol–water partition coefficient (Wildman–Crippen LogP) is 2.66. The van der Waals surface area contributed by atoms with Crippen molar-refractivity contribution in [2.75, 3.05) is 6.61 Å². The lowest BCUT2D eigenvalue weighted by molar-refractivity contribution is -0.315. The summed E-state index contributed by atoms with van der Waals surface area (Å²) in [5.41, 5.74) is -0.0993. The first kappa shape index (κ1) is 33.7. The second-order valence-electron chi connectivity index (χ2n) is 16.0. The molecule has 5 rings (SSSR count). The molecule has 4 saturated carbocycles. The summed E-state index contributed by atoms with van der Waals surface area (Å²) in [5, 5.41) is 62.6. The van der Waals surface area contributed by atoms with Gasteiger partial charge in [0.25, 0.3) is 0 Å². The third kappa shape index (κ3) is 5.66. The minimum absolute atomic E-state index is 0.0135. The van der Waals surface area contributed by atoms with Gasteiger partial charge in [-0.15, -0.1) is 0 Å². The Morgan fingerprint density at radius 3 is 2.19 bits per heavy atom. The van der Waals surface area contributed by atoms with E-state index in [9.17, 15) is 35.4 Å². The zero-order chi connectivity index (χ0) is 31.6. The van der Waals surface area contributed by atoms with Crippen LogP contribution in [0.25, 0.3) is 0 Å². The molecular formula is C34H58O9. The molecule has 0 spiro atoms. The minimum atomic E-state index is -1.49. The van der Waals surface area contributed by atoms with E-state index in [1.165, 1.54) is 0 Å². The average molecular weight is 611 g/mol. The van der Waals surface area contributed by atoms with Crippen LogP contribution in [-0.4, -0.2) is 92.0 Å². The van der Waals surface area contributed by atoms with Crippen LogP contribution < -0.4 is 0 Å². The van der Waals surface area contributed by atoms with E-state index in [2.05, 4.69) is 34.6 Å². The van der Waals surface area contributed by atoms with Crippen molar-refractivity contribution >= 4 is 5.78 Å². The molecule has 1 aliphatic heterocycles. The van der Waals surface area contributed by atoms with Crippen molar-refractivity contribution in [3.63, 3.8) is 0 Å². The Morgan fingerprint density at radius 1 is 0.884 bits per heavy atom. The van der Waals surface area contributed by atoms with Crippen LogP contribution in [0.1, 0.15) is 92.9 Å². The third-order valence-electron chi connectivity index (χ3n) is 13.8. The van der Waals surface area contributed by atoms with Crippen molar-refractivity contribution < 1.29 is 44.9 Å². The summed E-state index contributed by atoms with van der Waals surface area (Å²) in [6.07, 6.45) is -1.56. The summed E-state index contributed by atoms with van der Waals surface area (Å²) in [5.74, 6) is 1.93. The van der Waals surface area contributed by atoms with Gasteiger partial charge in [-0.1, -0.05) is 41.5 Å². The number of aliphatic hydroxyl groups is 6. The second-order valence-corrected chi connectivity index (χ2v) is 16.0. The Labute approximate surface area is 257 Å². The van der Waals surface area contributed by atoms with Crippen LogP contribution in [0.15, 0.2) is 0 Å². The summed E-state index contributed by atoms with van der Waals surface area (Å²) >= 11 is 0. The van der Waals surface area contributed by atoms with E-state index < -0.39 is 49.5 Å². The van der Waals surface area contributed by atoms with Gasteiger partial charge in [0.15, 0.2) is 6.29 Å². The highest BCUT2D eigenvalue weighted by molar-refractivity contribution is 5.83. The molecule has 6 N–H and O–H groups in total. The Bertz CT molecular complexity index is 989. The molecule has 5 aliphatic rings. The number of ketones is 1. The molecule has 0 aromatic rings. The molecule has 1 heterocycles. The van der Waals surface area contributed by atoms with Crippen molar-refractivity contribution in [3.05, 3.63) is 0 Å². The normalized spacial score (nSPS) is 49.5. The summed E-state index contributed by atoms with van der Waals surface area (Å²) in [7, 11) is 0. The molecule has 4 aliphatic carbocycles. The second kappa shape index (κ2) is 12.5. The number of ether oxygens (including phenoxy) is 2. The van der Waals surface area contributed by atoms with E-state index in [1.807, 2.05) is 6.92 Å². The van der Waals surface area contributed by atoms with Crippen molar-refractivity contribution in [2.24, 2.45) is 58.2 Å². The molecule has 1 saturated heterocycles. The zero-order valence-electron chi connectivity index (χ0n) is 27.0. The van der Waals surface area contributed by atoms with E-state index in [-0.39, 0.29) is 40.5 Å². The monoisotopic (exact) mass is 610 g/mol. The molecule has 0 radical (unpaired) electrons. The molecule has 17 unspecified atom stereocenters. The maximum atomic E-state index is 13.9. The van der Waals surface area contributed by atoms with Crippen LogP contribution in [0.3, 0.4) is 0 Å². The highest BCUT2D eigenvalue weighted by Gasteiger charge is 2.63. The number of aliphatic hydroxyl groups excluding tert-OH is 6. The Hall–Kier alpha value is -0.650. The number of rotatable bonds is 8. The van der Waals surface area contributed by atoms with E-state index in [1.54, 1.807) is 0 Å². The average Bonchev–Trinajstić information content (AvgIpc) is 3.33. The van der Waals surface area contributed by atoms with Gasteiger partial charge < -0.3 is 40.1 Å². The fourth-order valence-electron chi connectivity index (χ4n) is 10.7. The smallest absolute Gasteiger partial charge is 0.186 e. The lowest BCUT2D eigenvalue weighted by atomic mass is 9.44. The van der Waals surface area contributed by atoms with Gasteiger partial charge in [-0.25, -0.2) is 0 Å². The van der Waals surface area contributed by atoms with Crippen molar-refractivity contribution in [3.8, 4) is 0 Å². The van der Waals surface area contributed by atoms with Crippen LogP contribution in [0, 0.1) is 58.2 Å². The van der Waals surface area contributed by atoms with Crippen LogP contribution in [0.2, 0.25) is 0 Å². The minimum Gasteiger partial charge on any atom is -0.394 e. The molecule has 9 nitrogen and oxygen atoms in total. The molecule has 0 amide bonds. The molecule has 0 aromatic carbocycles. The number of hydrogen-bond acceptors (Lipinski definition) is 9. The molecule has 9 heteroatoms. The standard InChI is InChI=1S/C34H58O9/c1-16(2)17(3)27(37)28(38)18(4)21-7-8-22-20-14-25(36)24-13-19(9-11-34(24,6)23(20)10-12-33(21,22)5)42-32-31(41)30(40)29(39)26(15-35)43-32/h16-24,26-32,35,37-41H,7-15H2,1-6H3. The van der Waals surface area contributed by atoms with Crippen molar-refractivity contribution in [1.82, 2.24) is 0 Å². The molecule has 0 bridgehead atoms. The quantitative estimate of drug-likeness (QED) is 0.227. The van der Waals surface area contributed by atoms with Crippen LogP contribution in [0.4, 0.5) is 0 Å². The van der Waals surface area contributed by atoms with Crippen LogP contribution in [0.5, 0.6) is 0 Å². The highest BCUT2D eigenvalue weighted by atomic mass is 16.7. The molecule has 248 valence electrons. The van der Waals surface area contributed by atoms with E-state index in [0.29, 0.717) is 48.9 Å². The summed E-state index contributed by atoms with van der Waals surface area (Å²) < 4.78 is 11.7. The van der Waals surface area contributed by atoms with E-state index in [0.717, 1.165) is 32.1 Å². The predicted molar refractivity (Wildman–Crippen MR) is 159 cm³/mol. The first-order valence-electron chi connectivity index (χ1n) is 17.0. The van der Waals surface area contributed by atoms with E-state index >= 15 is 0 Å². The van der Waals surface area contributed by atoms with Gasteiger partial charge in [0.2, 0.25) is 0 Å². The van der Waals surface area contributed by atoms with Gasteiger partial charge in [-0.05, 0) is 97.2 Å². The van der Waals surface area contributed by atoms with Gasteiger partial charge in [-0.2, -0.15) is 0 Å². The fraction of sp³-hybridized carbons (Fsp3) is 0.971. The van der Waals surface area contributed by atoms with Crippen molar-refractivity contribution in [2.45, 2.75) is 142 Å². The van der Waals surface area contributed by atoms with Gasteiger partial charge in [0.1, 0.15) is 30.2 Å². The fourth-order valence-corrected chi connectivity index (χ4v) is 10.7. The molecule has 5 fully saturated rings. The number of Topliss-reactive ketones (excluding diaryl/α,β-unsaturated/α-hetero) is 1. The van der Waals surface area contributed by atoms with Gasteiger partial charge >= 0.3 is 0 Å². The lowest BCUT2D eigenvalue weighted by Crippen LogP contribution is -2.61. The maximum Gasteiger partial charge on any atom is 0.186 e. The van der Waals surface area contributed by atoms with Gasteiger partial charge in [-0.3, -0.25) is 4.79 Å². The van der Waals surface area contributed by atoms with E-state index in [4.69, 9.17) is 9.47 Å². The molecule has 43 heavy (non-hydrogen) atoms. The Morgan fingerprint density at radius 2 is 1.53 bits per heavy atom. The van der Waals surface area contributed by atoms with Gasteiger partial charge in [0, 0.05) is 12.3 Å². The summed E-state index contributed by atoms with van der Waals surface area (Å²) in [6, 6.07) is 0. The first-order valence-corrected chi connectivity index (χ1v) is 17.0. The largest absolute Gasteiger partial charge is 0.394 e. The topological polar surface area (TPSA) is 157 Å². The molecular weight excluding hydrogens is 552 g/mol.